The van der Waals surface area contributed by atoms with Gasteiger partial charge in [-0.15, -0.1) is 0 Å². The second kappa shape index (κ2) is 10.6. The summed E-state index contributed by atoms with van der Waals surface area (Å²) in [4.78, 5) is 36.5. The molecule has 0 aliphatic carbocycles. The molecular weight excluding hydrogens is 447 g/mol. The molecule has 9 heteroatoms. The number of nitrogens with one attached hydrogen (secondary N) is 2. The number of amides is 2. The number of benzene rings is 2. The van der Waals surface area contributed by atoms with Gasteiger partial charge in [-0.2, -0.15) is 0 Å². The summed E-state index contributed by atoms with van der Waals surface area (Å²) in [5.74, 6) is -2.08. The Kier molecular flexibility index (Phi) is 8.02. The summed E-state index contributed by atoms with van der Waals surface area (Å²) >= 11 is 0. The van der Waals surface area contributed by atoms with E-state index in [1.807, 2.05) is 70.2 Å². The second-order valence-corrected chi connectivity index (χ2v) is 9.88. The maximum absolute atomic E-state index is 12.9. The van der Waals surface area contributed by atoms with Crippen LogP contribution in [0.4, 0.5) is 0 Å². The van der Waals surface area contributed by atoms with Crippen LogP contribution in [-0.4, -0.2) is 53.3 Å². The van der Waals surface area contributed by atoms with Crippen LogP contribution >= 0.6 is 0 Å². The molecule has 3 N–H and O–H groups in total. The highest BCUT2D eigenvalue weighted by molar-refractivity contribution is 6.62. The molecule has 3 rings (SSSR count). The summed E-state index contributed by atoms with van der Waals surface area (Å²) < 4.78 is 12.1. The van der Waals surface area contributed by atoms with E-state index < -0.39 is 42.3 Å². The lowest BCUT2D eigenvalue weighted by atomic mass is 9.78. The molecule has 1 saturated heterocycles. The summed E-state index contributed by atoms with van der Waals surface area (Å²) in [6.07, 6.45) is 0.338. The maximum Gasteiger partial charge on any atom is 0.494 e. The minimum atomic E-state index is -1.16. The van der Waals surface area contributed by atoms with Crippen molar-refractivity contribution in [3.63, 3.8) is 0 Å². The molecule has 2 atom stereocenters. The zero-order valence-corrected chi connectivity index (χ0v) is 20.8. The molecule has 0 aromatic heterocycles. The van der Waals surface area contributed by atoms with Crippen LogP contribution in [0.5, 0.6) is 0 Å². The fraction of sp³-hybridized carbons (Fsp3) is 0.423. The Morgan fingerprint density at radius 3 is 1.86 bits per heavy atom. The van der Waals surface area contributed by atoms with Gasteiger partial charge in [-0.3, -0.25) is 9.59 Å². The molecule has 2 amide bonds. The molecule has 0 spiro atoms. The first-order valence-corrected chi connectivity index (χ1v) is 11.7. The molecule has 2 aromatic carbocycles. The third-order valence-corrected chi connectivity index (χ3v) is 6.54. The number of carbonyl (C=O) groups is 3. The van der Waals surface area contributed by atoms with Gasteiger partial charge in [0.1, 0.15) is 12.1 Å². The van der Waals surface area contributed by atoms with E-state index in [1.54, 1.807) is 12.1 Å². The van der Waals surface area contributed by atoms with Crippen LogP contribution in [-0.2, 0) is 36.5 Å². The first kappa shape index (κ1) is 26.4. The number of hydrogen-bond donors (Lipinski definition) is 3. The minimum Gasteiger partial charge on any atom is -0.480 e. The Balaban J connectivity index is 1.67. The number of rotatable bonds is 9. The molecule has 8 nitrogen and oxygen atoms in total. The standard InChI is InChI=1S/C26H33BN2O6/c1-17(30)28-21(15-18-9-7-6-8-10-18)23(31)29-22(24(32)33)16-19-11-13-20(14-12-19)27-34-25(2,3)26(4,5)35-27/h6-14,21-22H,15-16H2,1-5H3,(H,28,30)(H,29,31)(H,32,33)/t21-,22+/m0/s1. The van der Waals surface area contributed by atoms with Gasteiger partial charge in [-0.25, -0.2) is 4.79 Å². The van der Waals surface area contributed by atoms with Gasteiger partial charge in [0.25, 0.3) is 0 Å². The Labute approximate surface area is 206 Å². The van der Waals surface area contributed by atoms with Gasteiger partial charge in [0.15, 0.2) is 0 Å². The van der Waals surface area contributed by atoms with Gasteiger partial charge in [-0.1, -0.05) is 54.6 Å². The van der Waals surface area contributed by atoms with Gasteiger partial charge in [0.2, 0.25) is 11.8 Å². The Morgan fingerprint density at radius 1 is 0.829 bits per heavy atom. The van der Waals surface area contributed by atoms with E-state index in [1.165, 1.54) is 6.92 Å². The van der Waals surface area contributed by atoms with Crippen LogP contribution in [0.15, 0.2) is 54.6 Å². The Bertz CT molecular complexity index is 1040. The van der Waals surface area contributed by atoms with Crippen molar-refractivity contribution in [1.29, 1.82) is 0 Å². The largest absolute Gasteiger partial charge is 0.494 e. The molecule has 0 radical (unpaired) electrons. The van der Waals surface area contributed by atoms with E-state index in [4.69, 9.17) is 9.31 Å². The van der Waals surface area contributed by atoms with Crippen molar-refractivity contribution in [3.05, 3.63) is 65.7 Å². The molecule has 186 valence electrons. The number of hydrogen-bond acceptors (Lipinski definition) is 5. The Morgan fingerprint density at radius 2 is 1.34 bits per heavy atom. The predicted molar refractivity (Wildman–Crippen MR) is 133 cm³/mol. The van der Waals surface area contributed by atoms with Crippen molar-refractivity contribution in [1.82, 2.24) is 10.6 Å². The summed E-state index contributed by atoms with van der Waals surface area (Å²) in [5, 5.41) is 14.9. The number of carboxylic acids is 1. The first-order valence-electron chi connectivity index (χ1n) is 11.7. The van der Waals surface area contributed by atoms with E-state index in [-0.39, 0.29) is 18.7 Å². The van der Waals surface area contributed by atoms with Gasteiger partial charge in [-0.05, 0) is 44.3 Å². The maximum atomic E-state index is 12.9. The van der Waals surface area contributed by atoms with E-state index in [0.29, 0.717) is 0 Å². The van der Waals surface area contributed by atoms with Gasteiger partial charge < -0.3 is 25.0 Å². The minimum absolute atomic E-state index is 0.0862. The van der Waals surface area contributed by atoms with Crippen molar-refractivity contribution >= 4 is 30.4 Å². The lowest BCUT2D eigenvalue weighted by molar-refractivity contribution is -0.142. The van der Waals surface area contributed by atoms with Gasteiger partial charge >= 0.3 is 13.1 Å². The van der Waals surface area contributed by atoms with Crippen LogP contribution in [0.2, 0.25) is 0 Å². The molecular formula is C26H33BN2O6. The molecule has 0 saturated carbocycles. The van der Waals surface area contributed by atoms with Gasteiger partial charge in [0, 0.05) is 19.8 Å². The van der Waals surface area contributed by atoms with Crippen LogP contribution < -0.4 is 16.1 Å². The summed E-state index contributed by atoms with van der Waals surface area (Å²) in [7, 11) is -0.513. The quantitative estimate of drug-likeness (QED) is 0.472. The summed E-state index contributed by atoms with van der Waals surface area (Å²) in [6.45, 7) is 9.24. The highest BCUT2D eigenvalue weighted by Gasteiger charge is 2.51. The number of carboxylic acid groups (broad SMARTS) is 1. The van der Waals surface area contributed by atoms with Crippen molar-refractivity contribution in [2.24, 2.45) is 0 Å². The molecule has 1 fully saturated rings. The monoisotopic (exact) mass is 480 g/mol. The van der Waals surface area contributed by atoms with E-state index in [0.717, 1.165) is 16.6 Å². The zero-order valence-electron chi connectivity index (χ0n) is 20.8. The van der Waals surface area contributed by atoms with E-state index in [2.05, 4.69) is 10.6 Å². The highest BCUT2D eigenvalue weighted by atomic mass is 16.7. The molecule has 0 bridgehead atoms. The van der Waals surface area contributed by atoms with Crippen molar-refractivity contribution in [2.45, 2.75) is 70.7 Å². The molecule has 35 heavy (non-hydrogen) atoms. The zero-order chi connectivity index (χ0) is 25.8. The number of carbonyl (C=O) groups excluding carboxylic acids is 2. The average Bonchev–Trinajstić information content (AvgIpc) is 3.00. The van der Waals surface area contributed by atoms with Crippen molar-refractivity contribution < 1.29 is 28.8 Å². The first-order chi connectivity index (χ1) is 16.4. The molecule has 2 aromatic rings. The lowest BCUT2D eigenvalue weighted by Gasteiger charge is -2.32. The van der Waals surface area contributed by atoms with Crippen LogP contribution in [0.3, 0.4) is 0 Å². The normalized spacial score (nSPS) is 17.9. The fourth-order valence-corrected chi connectivity index (χ4v) is 3.80. The van der Waals surface area contributed by atoms with Crippen molar-refractivity contribution in [2.75, 3.05) is 0 Å². The van der Waals surface area contributed by atoms with Crippen LogP contribution in [0, 0.1) is 0 Å². The lowest BCUT2D eigenvalue weighted by Crippen LogP contribution is -2.52. The predicted octanol–water partition coefficient (Wildman–Crippen LogP) is 1.85. The second-order valence-electron chi connectivity index (χ2n) is 9.88. The molecule has 1 heterocycles. The summed E-state index contributed by atoms with van der Waals surface area (Å²) in [6, 6.07) is 14.5. The summed E-state index contributed by atoms with van der Waals surface area (Å²) in [5.41, 5.74) is 1.50. The SMILES string of the molecule is CC(=O)N[C@@H](Cc1ccccc1)C(=O)N[C@H](Cc1ccc(B2OC(C)(C)C(C)(C)O2)cc1)C(=O)O. The highest BCUT2D eigenvalue weighted by Crippen LogP contribution is 2.36. The van der Waals surface area contributed by atoms with E-state index in [9.17, 15) is 19.5 Å². The third-order valence-electron chi connectivity index (χ3n) is 6.54. The van der Waals surface area contributed by atoms with Crippen LogP contribution in [0.1, 0.15) is 45.7 Å². The Hall–Kier alpha value is -3.17. The molecule has 1 aliphatic heterocycles. The smallest absolute Gasteiger partial charge is 0.480 e. The fourth-order valence-electron chi connectivity index (χ4n) is 3.80. The number of aliphatic carboxylic acids is 1. The molecule has 1 aliphatic rings. The van der Waals surface area contributed by atoms with Crippen LogP contribution in [0.25, 0.3) is 0 Å². The average molecular weight is 480 g/mol. The molecule has 0 unspecified atom stereocenters. The van der Waals surface area contributed by atoms with Crippen molar-refractivity contribution in [3.8, 4) is 0 Å². The van der Waals surface area contributed by atoms with Gasteiger partial charge in [0.05, 0.1) is 11.2 Å². The topological polar surface area (TPSA) is 114 Å². The third kappa shape index (κ3) is 6.71. The van der Waals surface area contributed by atoms with E-state index >= 15 is 0 Å².